The van der Waals surface area contributed by atoms with E-state index >= 15 is 0 Å². The molecule has 0 N–H and O–H groups in total. The van der Waals surface area contributed by atoms with Gasteiger partial charge >= 0.3 is 0 Å². The summed E-state index contributed by atoms with van der Waals surface area (Å²) in [7, 11) is 0. The highest BCUT2D eigenvalue weighted by Crippen LogP contribution is 2.28. The Morgan fingerprint density at radius 2 is 2.00 bits per heavy atom. The molecule has 0 radical (unpaired) electrons. The minimum Gasteiger partial charge on any atom is -0.264 e. The van der Waals surface area contributed by atoms with E-state index in [0.29, 0.717) is 0 Å². The summed E-state index contributed by atoms with van der Waals surface area (Å²) < 4.78 is -0.183. The fourth-order valence-corrected chi connectivity index (χ4v) is 1.57. The van der Waals surface area contributed by atoms with Crippen LogP contribution in [0, 0.1) is 0 Å². The second kappa shape index (κ2) is 4.26. The number of hydrogen-bond donors (Lipinski definition) is 1. The first-order chi connectivity index (χ1) is 7.57. The highest BCUT2D eigenvalue weighted by molar-refractivity contribution is 7.81. The molecule has 0 atom stereocenters. The van der Waals surface area contributed by atoms with Crippen LogP contribution >= 0.6 is 12.6 Å². The quantitative estimate of drug-likeness (QED) is 0.801. The molecule has 0 bridgehead atoms. The Morgan fingerprint density at radius 3 is 2.62 bits per heavy atom. The Labute approximate surface area is 101 Å². The standard InChI is InChI=1S/C13H14N2S/c1-13(2,16)11-7-10(8-14-9-11)12-5-3-4-6-15-12/h3-9,16H,1-2H3. The van der Waals surface area contributed by atoms with Gasteiger partial charge in [0, 0.05) is 28.9 Å². The van der Waals surface area contributed by atoms with E-state index in [0.717, 1.165) is 16.8 Å². The van der Waals surface area contributed by atoms with Gasteiger partial charge in [0.25, 0.3) is 0 Å². The zero-order valence-corrected chi connectivity index (χ0v) is 10.3. The number of pyridine rings is 2. The van der Waals surface area contributed by atoms with E-state index in [-0.39, 0.29) is 4.75 Å². The maximum Gasteiger partial charge on any atom is 0.0717 e. The van der Waals surface area contributed by atoms with Gasteiger partial charge in [-0.2, -0.15) is 12.6 Å². The van der Waals surface area contributed by atoms with Crippen molar-refractivity contribution in [3.63, 3.8) is 0 Å². The molecule has 0 aliphatic rings. The molecule has 0 saturated carbocycles. The van der Waals surface area contributed by atoms with E-state index in [9.17, 15) is 0 Å². The molecule has 0 aromatic carbocycles. The number of hydrogen-bond acceptors (Lipinski definition) is 3. The van der Waals surface area contributed by atoms with Crippen molar-refractivity contribution in [3.8, 4) is 11.3 Å². The van der Waals surface area contributed by atoms with E-state index in [4.69, 9.17) is 0 Å². The van der Waals surface area contributed by atoms with Gasteiger partial charge in [0.2, 0.25) is 0 Å². The maximum atomic E-state index is 4.54. The summed E-state index contributed by atoms with van der Waals surface area (Å²) in [5.74, 6) is 0. The largest absolute Gasteiger partial charge is 0.264 e. The predicted octanol–water partition coefficient (Wildman–Crippen LogP) is 3.31. The lowest BCUT2D eigenvalue weighted by Crippen LogP contribution is -2.08. The van der Waals surface area contributed by atoms with Crippen molar-refractivity contribution in [1.29, 1.82) is 0 Å². The summed E-state index contributed by atoms with van der Waals surface area (Å²) in [6.07, 6.45) is 5.46. The topological polar surface area (TPSA) is 25.8 Å². The van der Waals surface area contributed by atoms with Crippen LogP contribution in [0.5, 0.6) is 0 Å². The van der Waals surface area contributed by atoms with Gasteiger partial charge in [-0.15, -0.1) is 0 Å². The van der Waals surface area contributed by atoms with Crippen LogP contribution < -0.4 is 0 Å². The summed E-state index contributed by atoms with van der Waals surface area (Å²) >= 11 is 4.54. The van der Waals surface area contributed by atoms with Gasteiger partial charge in [-0.1, -0.05) is 6.07 Å². The molecule has 0 aliphatic carbocycles. The zero-order chi connectivity index (χ0) is 11.6. The van der Waals surface area contributed by atoms with Gasteiger partial charge in [-0.3, -0.25) is 9.97 Å². The first-order valence-electron chi connectivity index (χ1n) is 5.17. The van der Waals surface area contributed by atoms with Crippen molar-refractivity contribution in [2.24, 2.45) is 0 Å². The Kier molecular flexibility index (Phi) is 2.97. The number of rotatable bonds is 2. The Bertz CT molecular complexity index is 475. The lowest BCUT2D eigenvalue weighted by molar-refractivity contribution is 0.785. The van der Waals surface area contributed by atoms with E-state index in [1.807, 2.05) is 30.6 Å². The molecule has 0 spiro atoms. The molecule has 2 heterocycles. The maximum absolute atomic E-state index is 4.54. The van der Waals surface area contributed by atoms with E-state index in [2.05, 4.69) is 42.5 Å². The summed E-state index contributed by atoms with van der Waals surface area (Å²) in [6.45, 7) is 4.10. The summed E-state index contributed by atoms with van der Waals surface area (Å²) in [4.78, 5) is 8.55. The molecule has 2 aromatic rings. The van der Waals surface area contributed by atoms with Crippen LogP contribution in [0.4, 0.5) is 0 Å². The second-order valence-electron chi connectivity index (χ2n) is 4.24. The lowest BCUT2D eigenvalue weighted by atomic mass is 10.0. The predicted molar refractivity (Wildman–Crippen MR) is 69.5 cm³/mol. The minimum absolute atomic E-state index is 0.183. The second-order valence-corrected chi connectivity index (χ2v) is 5.35. The first kappa shape index (κ1) is 11.1. The Morgan fingerprint density at radius 1 is 1.19 bits per heavy atom. The third kappa shape index (κ3) is 2.42. The van der Waals surface area contributed by atoms with Crippen LogP contribution in [0.25, 0.3) is 11.3 Å². The number of nitrogens with zero attached hydrogens (tertiary/aromatic N) is 2. The lowest BCUT2D eigenvalue weighted by Gasteiger charge is -2.17. The SMILES string of the molecule is CC(C)(S)c1cncc(-c2ccccn2)c1. The molecular weight excluding hydrogens is 216 g/mol. The fraction of sp³-hybridized carbons (Fsp3) is 0.231. The summed E-state index contributed by atoms with van der Waals surface area (Å²) in [6, 6.07) is 7.94. The molecule has 82 valence electrons. The van der Waals surface area contributed by atoms with Crippen molar-refractivity contribution < 1.29 is 0 Å². The molecule has 0 fully saturated rings. The Balaban J connectivity index is 2.45. The molecule has 2 rings (SSSR count). The smallest absolute Gasteiger partial charge is 0.0717 e. The molecule has 2 nitrogen and oxygen atoms in total. The van der Waals surface area contributed by atoms with Crippen molar-refractivity contribution in [2.75, 3.05) is 0 Å². The average Bonchev–Trinajstić information content (AvgIpc) is 2.29. The molecule has 0 saturated heterocycles. The molecule has 2 aromatic heterocycles. The van der Waals surface area contributed by atoms with Crippen molar-refractivity contribution in [1.82, 2.24) is 9.97 Å². The molecule has 0 amide bonds. The summed E-state index contributed by atoms with van der Waals surface area (Å²) in [5, 5.41) is 0. The van der Waals surface area contributed by atoms with Crippen LogP contribution in [0.1, 0.15) is 19.4 Å². The highest BCUT2D eigenvalue weighted by Gasteiger charge is 2.15. The molecule has 3 heteroatoms. The van der Waals surface area contributed by atoms with Gasteiger partial charge in [-0.25, -0.2) is 0 Å². The van der Waals surface area contributed by atoms with Gasteiger partial charge in [-0.05, 0) is 37.6 Å². The normalized spacial score (nSPS) is 11.4. The highest BCUT2D eigenvalue weighted by atomic mass is 32.1. The minimum atomic E-state index is -0.183. The fourth-order valence-electron chi connectivity index (χ4n) is 1.45. The van der Waals surface area contributed by atoms with Crippen molar-refractivity contribution in [2.45, 2.75) is 18.6 Å². The molecule has 0 unspecified atom stereocenters. The van der Waals surface area contributed by atoms with E-state index < -0.39 is 0 Å². The van der Waals surface area contributed by atoms with E-state index in [1.54, 1.807) is 6.20 Å². The molecule has 16 heavy (non-hydrogen) atoms. The van der Waals surface area contributed by atoms with Crippen LogP contribution in [-0.4, -0.2) is 9.97 Å². The van der Waals surface area contributed by atoms with Crippen LogP contribution in [-0.2, 0) is 4.75 Å². The van der Waals surface area contributed by atoms with Gasteiger partial charge in [0.15, 0.2) is 0 Å². The number of aromatic nitrogens is 2. The van der Waals surface area contributed by atoms with Crippen LogP contribution in [0.2, 0.25) is 0 Å². The third-order valence-corrected chi connectivity index (χ3v) is 2.66. The monoisotopic (exact) mass is 230 g/mol. The van der Waals surface area contributed by atoms with E-state index in [1.165, 1.54) is 0 Å². The Hall–Kier alpha value is -1.35. The van der Waals surface area contributed by atoms with Crippen LogP contribution in [0.15, 0.2) is 42.9 Å². The number of thiol groups is 1. The molecule has 0 aliphatic heterocycles. The third-order valence-electron chi connectivity index (χ3n) is 2.41. The summed E-state index contributed by atoms with van der Waals surface area (Å²) in [5.41, 5.74) is 3.06. The van der Waals surface area contributed by atoms with Crippen LogP contribution in [0.3, 0.4) is 0 Å². The zero-order valence-electron chi connectivity index (χ0n) is 9.38. The molecular formula is C13H14N2S. The van der Waals surface area contributed by atoms with Crippen molar-refractivity contribution in [3.05, 3.63) is 48.4 Å². The van der Waals surface area contributed by atoms with Gasteiger partial charge in [0.1, 0.15) is 0 Å². The average molecular weight is 230 g/mol. The first-order valence-corrected chi connectivity index (χ1v) is 5.61. The van der Waals surface area contributed by atoms with Gasteiger partial charge < -0.3 is 0 Å². The van der Waals surface area contributed by atoms with Gasteiger partial charge in [0.05, 0.1) is 5.69 Å². The van der Waals surface area contributed by atoms with Crippen molar-refractivity contribution >= 4 is 12.6 Å².